The van der Waals surface area contributed by atoms with Gasteiger partial charge in [0.2, 0.25) is 0 Å². The van der Waals surface area contributed by atoms with Crippen molar-refractivity contribution in [1.29, 1.82) is 0 Å². The van der Waals surface area contributed by atoms with Crippen molar-refractivity contribution in [3.8, 4) is 10.6 Å². The molecule has 110 valence electrons. The Morgan fingerprint density at radius 1 is 1.43 bits per heavy atom. The Kier molecular flexibility index (Phi) is 3.90. The third-order valence-corrected chi connectivity index (χ3v) is 4.71. The van der Waals surface area contributed by atoms with Crippen LogP contribution in [0.1, 0.15) is 29.8 Å². The smallest absolute Gasteiger partial charge is 0.0794 e. The molecule has 0 aliphatic carbocycles. The molecule has 0 saturated heterocycles. The zero-order valence-electron chi connectivity index (χ0n) is 12.4. The molecule has 3 aromatic rings. The Hall–Kier alpha value is -1.92. The molecule has 0 bridgehead atoms. The lowest BCUT2D eigenvalue weighted by molar-refractivity contribution is 0.571. The van der Waals surface area contributed by atoms with Crippen LogP contribution in [0.15, 0.2) is 29.9 Å². The Balaban J connectivity index is 1.71. The van der Waals surface area contributed by atoms with Gasteiger partial charge in [-0.2, -0.15) is 10.2 Å². The molecule has 0 amide bonds. The van der Waals surface area contributed by atoms with Crippen LogP contribution in [-0.2, 0) is 13.6 Å². The predicted octanol–water partition coefficient (Wildman–Crippen LogP) is 3.03. The third kappa shape index (κ3) is 2.77. The van der Waals surface area contributed by atoms with Crippen LogP contribution < -0.4 is 5.32 Å². The van der Waals surface area contributed by atoms with Crippen molar-refractivity contribution in [2.45, 2.75) is 26.4 Å². The number of nitrogens with one attached hydrogen (secondary N) is 2. The second kappa shape index (κ2) is 5.83. The summed E-state index contributed by atoms with van der Waals surface area (Å²) >= 11 is 1.72. The summed E-state index contributed by atoms with van der Waals surface area (Å²) in [5.74, 6) is 0. The van der Waals surface area contributed by atoms with E-state index in [2.05, 4.69) is 52.0 Å². The van der Waals surface area contributed by atoms with Crippen molar-refractivity contribution >= 4 is 11.3 Å². The Labute approximate surface area is 128 Å². The summed E-state index contributed by atoms with van der Waals surface area (Å²) in [7, 11) is 1.97. The zero-order valence-corrected chi connectivity index (χ0v) is 13.2. The summed E-state index contributed by atoms with van der Waals surface area (Å²) in [5.41, 5.74) is 4.72. The van der Waals surface area contributed by atoms with E-state index in [0.29, 0.717) is 0 Å². The molecule has 3 rings (SSSR count). The van der Waals surface area contributed by atoms with Gasteiger partial charge in [-0.25, -0.2) is 0 Å². The van der Waals surface area contributed by atoms with E-state index in [4.69, 9.17) is 0 Å². The van der Waals surface area contributed by atoms with Gasteiger partial charge in [0.05, 0.1) is 23.0 Å². The summed E-state index contributed by atoms with van der Waals surface area (Å²) < 4.78 is 1.91. The van der Waals surface area contributed by atoms with Crippen molar-refractivity contribution in [1.82, 2.24) is 25.3 Å². The van der Waals surface area contributed by atoms with Gasteiger partial charge in [-0.05, 0) is 25.3 Å². The van der Waals surface area contributed by atoms with Crippen LogP contribution in [0.2, 0.25) is 0 Å². The number of thiophene rings is 1. The molecule has 0 aliphatic heterocycles. The molecule has 0 fully saturated rings. The van der Waals surface area contributed by atoms with Gasteiger partial charge in [0.25, 0.3) is 0 Å². The largest absolute Gasteiger partial charge is 0.306 e. The molecule has 5 nitrogen and oxygen atoms in total. The molecule has 0 aliphatic rings. The second-order valence-electron chi connectivity index (χ2n) is 5.16. The van der Waals surface area contributed by atoms with E-state index in [0.717, 1.165) is 12.2 Å². The number of aromatic nitrogens is 4. The molecule has 3 aromatic heterocycles. The highest BCUT2D eigenvalue weighted by Crippen LogP contribution is 2.26. The van der Waals surface area contributed by atoms with Crippen molar-refractivity contribution in [3.63, 3.8) is 0 Å². The summed E-state index contributed by atoms with van der Waals surface area (Å²) in [6, 6.07) is 4.42. The molecule has 21 heavy (non-hydrogen) atoms. The van der Waals surface area contributed by atoms with Crippen LogP contribution in [-0.4, -0.2) is 20.0 Å². The first-order valence-corrected chi connectivity index (χ1v) is 7.82. The molecule has 0 aromatic carbocycles. The molecule has 0 saturated carbocycles. The van der Waals surface area contributed by atoms with Crippen LogP contribution in [0, 0.1) is 6.92 Å². The first-order valence-electron chi connectivity index (χ1n) is 6.95. The number of aromatic amines is 1. The standard InChI is InChI=1S/C15H19N5S/c1-10(13-9-18-20(3)11(13)2)16-7-12-8-17-19-15(12)14-5-4-6-21-14/h4-6,8-10,16H,7H2,1-3H3,(H,17,19). The Bertz CT molecular complexity index is 710. The molecule has 1 unspecified atom stereocenters. The molecule has 6 heteroatoms. The summed E-state index contributed by atoms with van der Waals surface area (Å²) in [6.07, 6.45) is 3.83. The Morgan fingerprint density at radius 2 is 2.29 bits per heavy atom. The molecule has 0 spiro atoms. The molecular weight excluding hydrogens is 282 g/mol. The lowest BCUT2D eigenvalue weighted by Crippen LogP contribution is -2.18. The van der Waals surface area contributed by atoms with Crippen molar-refractivity contribution in [2.75, 3.05) is 0 Å². The van der Waals surface area contributed by atoms with Crippen molar-refractivity contribution in [3.05, 3.63) is 46.7 Å². The van der Waals surface area contributed by atoms with Gasteiger partial charge in [0, 0.05) is 36.5 Å². The summed E-state index contributed by atoms with van der Waals surface area (Å²) in [6.45, 7) is 5.03. The molecular formula is C15H19N5S. The lowest BCUT2D eigenvalue weighted by Gasteiger charge is -2.13. The highest BCUT2D eigenvalue weighted by atomic mass is 32.1. The maximum atomic E-state index is 4.30. The molecule has 2 N–H and O–H groups in total. The Morgan fingerprint density at radius 3 is 2.95 bits per heavy atom. The second-order valence-corrected chi connectivity index (χ2v) is 6.11. The fraction of sp³-hybridized carbons (Fsp3) is 0.333. The lowest BCUT2D eigenvalue weighted by atomic mass is 10.1. The predicted molar refractivity (Wildman–Crippen MR) is 85.1 cm³/mol. The fourth-order valence-corrected chi connectivity index (χ4v) is 3.15. The maximum Gasteiger partial charge on any atom is 0.0794 e. The van der Waals surface area contributed by atoms with Gasteiger partial charge < -0.3 is 5.32 Å². The van der Waals surface area contributed by atoms with Gasteiger partial charge in [-0.3, -0.25) is 9.78 Å². The number of hydrogen-bond acceptors (Lipinski definition) is 4. The number of H-pyrrole nitrogens is 1. The van der Waals surface area contributed by atoms with Gasteiger partial charge in [-0.15, -0.1) is 11.3 Å². The van der Waals surface area contributed by atoms with E-state index in [9.17, 15) is 0 Å². The van der Waals surface area contributed by atoms with Gasteiger partial charge in [-0.1, -0.05) is 6.07 Å². The number of nitrogens with zero attached hydrogens (tertiary/aromatic N) is 3. The zero-order chi connectivity index (χ0) is 14.8. The van der Waals surface area contributed by atoms with E-state index >= 15 is 0 Å². The fourth-order valence-electron chi connectivity index (χ4n) is 2.39. The van der Waals surface area contributed by atoms with E-state index in [1.807, 2.05) is 24.1 Å². The topological polar surface area (TPSA) is 58.5 Å². The first kappa shape index (κ1) is 14.0. The van der Waals surface area contributed by atoms with Crippen LogP contribution >= 0.6 is 11.3 Å². The average Bonchev–Trinajstić information content (AvgIpc) is 3.19. The monoisotopic (exact) mass is 301 g/mol. The number of hydrogen-bond donors (Lipinski definition) is 2. The maximum absolute atomic E-state index is 4.30. The first-order chi connectivity index (χ1) is 10.2. The summed E-state index contributed by atoms with van der Waals surface area (Å²) in [4.78, 5) is 1.22. The average molecular weight is 301 g/mol. The SMILES string of the molecule is Cc1c(C(C)NCc2cn[nH]c2-c2cccs2)cnn1C. The summed E-state index contributed by atoms with van der Waals surface area (Å²) in [5, 5.41) is 17.2. The quantitative estimate of drug-likeness (QED) is 0.761. The van der Waals surface area contributed by atoms with Crippen LogP contribution in [0.4, 0.5) is 0 Å². The van der Waals surface area contributed by atoms with E-state index < -0.39 is 0 Å². The van der Waals surface area contributed by atoms with Crippen LogP contribution in [0.25, 0.3) is 10.6 Å². The van der Waals surface area contributed by atoms with Crippen LogP contribution in [0.5, 0.6) is 0 Å². The van der Waals surface area contributed by atoms with E-state index in [1.54, 1.807) is 11.3 Å². The van der Waals surface area contributed by atoms with Crippen molar-refractivity contribution in [2.24, 2.45) is 7.05 Å². The van der Waals surface area contributed by atoms with E-state index in [1.165, 1.54) is 21.7 Å². The number of aryl methyl sites for hydroxylation is 1. The van der Waals surface area contributed by atoms with Gasteiger partial charge in [0.15, 0.2) is 0 Å². The highest BCUT2D eigenvalue weighted by Gasteiger charge is 2.14. The molecule has 3 heterocycles. The van der Waals surface area contributed by atoms with Crippen molar-refractivity contribution < 1.29 is 0 Å². The minimum atomic E-state index is 0.254. The van der Waals surface area contributed by atoms with E-state index in [-0.39, 0.29) is 6.04 Å². The normalized spacial score (nSPS) is 12.7. The minimum absolute atomic E-state index is 0.254. The number of rotatable bonds is 5. The third-order valence-electron chi connectivity index (χ3n) is 3.82. The molecule has 0 radical (unpaired) electrons. The highest BCUT2D eigenvalue weighted by molar-refractivity contribution is 7.13. The minimum Gasteiger partial charge on any atom is -0.306 e. The molecule has 1 atom stereocenters. The van der Waals surface area contributed by atoms with Gasteiger partial charge in [0.1, 0.15) is 0 Å². The van der Waals surface area contributed by atoms with Crippen LogP contribution in [0.3, 0.4) is 0 Å². The van der Waals surface area contributed by atoms with Gasteiger partial charge >= 0.3 is 0 Å².